The van der Waals surface area contributed by atoms with Gasteiger partial charge in [-0.25, -0.2) is 0 Å². The summed E-state index contributed by atoms with van der Waals surface area (Å²) < 4.78 is 5.06. The van der Waals surface area contributed by atoms with Gasteiger partial charge in [-0.3, -0.25) is 4.79 Å². The summed E-state index contributed by atoms with van der Waals surface area (Å²) >= 11 is 3.49. The second-order valence-corrected chi connectivity index (χ2v) is 6.96. The fourth-order valence-corrected chi connectivity index (χ4v) is 4.60. The first-order valence-electron chi connectivity index (χ1n) is 6.77. The molecule has 0 N–H and O–H groups in total. The SMILES string of the molecule is O=C(c1ccoc1)N1CCc2sccc2C1c1cccs1. The second kappa shape index (κ2) is 5.16. The largest absolute Gasteiger partial charge is 0.472 e. The normalized spacial score (nSPS) is 17.7. The van der Waals surface area contributed by atoms with Gasteiger partial charge in [0.2, 0.25) is 0 Å². The molecule has 4 rings (SSSR count). The quantitative estimate of drug-likeness (QED) is 0.710. The summed E-state index contributed by atoms with van der Waals surface area (Å²) in [5, 5.41) is 4.19. The molecule has 0 aliphatic carbocycles. The summed E-state index contributed by atoms with van der Waals surface area (Å²) in [5.41, 5.74) is 1.89. The molecule has 0 fully saturated rings. The number of fused-ring (bicyclic) bond motifs is 1. The summed E-state index contributed by atoms with van der Waals surface area (Å²) in [4.78, 5) is 17.3. The average Bonchev–Trinajstić information content (AvgIpc) is 3.25. The third-order valence-electron chi connectivity index (χ3n) is 3.81. The number of rotatable bonds is 2. The standard InChI is InChI=1S/C16H13NO2S2/c18-16(11-4-7-19-10-11)17-6-3-13-12(5-9-21-13)15(17)14-2-1-8-20-14/h1-2,4-5,7-10,15H,3,6H2. The predicted molar refractivity (Wildman–Crippen MR) is 83.9 cm³/mol. The van der Waals surface area contributed by atoms with Crippen LogP contribution < -0.4 is 0 Å². The van der Waals surface area contributed by atoms with Gasteiger partial charge in [0.05, 0.1) is 17.9 Å². The van der Waals surface area contributed by atoms with Crippen LogP contribution in [0.25, 0.3) is 0 Å². The number of carbonyl (C=O) groups is 1. The molecule has 0 radical (unpaired) electrons. The van der Waals surface area contributed by atoms with E-state index in [1.54, 1.807) is 35.0 Å². The van der Waals surface area contributed by atoms with Crippen LogP contribution in [0.2, 0.25) is 0 Å². The maximum absolute atomic E-state index is 12.8. The Morgan fingerprint density at radius 2 is 2.19 bits per heavy atom. The Balaban J connectivity index is 1.78. The number of amides is 1. The molecule has 1 unspecified atom stereocenters. The zero-order valence-electron chi connectivity index (χ0n) is 11.2. The number of carbonyl (C=O) groups excluding carboxylic acids is 1. The van der Waals surface area contributed by atoms with Crippen molar-refractivity contribution in [3.63, 3.8) is 0 Å². The lowest BCUT2D eigenvalue weighted by Crippen LogP contribution is -2.39. The maximum Gasteiger partial charge on any atom is 0.257 e. The Kier molecular flexibility index (Phi) is 3.16. The first-order valence-corrected chi connectivity index (χ1v) is 8.53. The molecule has 1 aliphatic heterocycles. The molecule has 1 atom stereocenters. The van der Waals surface area contributed by atoms with Gasteiger partial charge in [0.15, 0.2) is 0 Å². The molecule has 0 spiro atoms. The molecular weight excluding hydrogens is 302 g/mol. The third kappa shape index (κ3) is 2.13. The van der Waals surface area contributed by atoms with Crippen molar-refractivity contribution in [2.24, 2.45) is 0 Å². The van der Waals surface area contributed by atoms with Crippen molar-refractivity contribution in [1.29, 1.82) is 0 Å². The number of hydrogen-bond donors (Lipinski definition) is 0. The minimum atomic E-state index is 0.0300. The van der Waals surface area contributed by atoms with Crippen LogP contribution in [0.4, 0.5) is 0 Å². The van der Waals surface area contributed by atoms with Gasteiger partial charge >= 0.3 is 0 Å². The first kappa shape index (κ1) is 12.9. The lowest BCUT2D eigenvalue weighted by Gasteiger charge is -2.35. The molecule has 0 saturated heterocycles. The van der Waals surface area contributed by atoms with Crippen molar-refractivity contribution in [3.05, 3.63) is 68.4 Å². The van der Waals surface area contributed by atoms with Crippen LogP contribution in [-0.2, 0) is 6.42 Å². The molecule has 3 aromatic heterocycles. The Bertz CT molecular complexity index is 743. The molecule has 0 aromatic carbocycles. The highest BCUT2D eigenvalue weighted by Gasteiger charge is 2.34. The number of nitrogens with zero attached hydrogens (tertiary/aromatic N) is 1. The minimum absolute atomic E-state index is 0.0300. The van der Waals surface area contributed by atoms with Crippen LogP contribution in [0.3, 0.4) is 0 Å². The molecule has 21 heavy (non-hydrogen) atoms. The fraction of sp³-hybridized carbons (Fsp3) is 0.188. The molecule has 0 saturated carbocycles. The van der Waals surface area contributed by atoms with Gasteiger partial charge in [0.1, 0.15) is 6.26 Å². The maximum atomic E-state index is 12.8. The number of thiophene rings is 2. The Morgan fingerprint density at radius 1 is 1.24 bits per heavy atom. The van der Waals surface area contributed by atoms with E-state index >= 15 is 0 Å². The molecule has 3 aromatic rings. The van der Waals surface area contributed by atoms with E-state index in [2.05, 4.69) is 22.9 Å². The molecular formula is C16H13NO2S2. The van der Waals surface area contributed by atoms with E-state index in [4.69, 9.17) is 4.42 Å². The highest BCUT2D eigenvalue weighted by atomic mass is 32.1. The van der Waals surface area contributed by atoms with Crippen molar-refractivity contribution >= 4 is 28.6 Å². The molecule has 1 amide bonds. The van der Waals surface area contributed by atoms with E-state index < -0.39 is 0 Å². The van der Waals surface area contributed by atoms with Gasteiger partial charge in [0.25, 0.3) is 5.91 Å². The molecule has 1 aliphatic rings. The lowest BCUT2D eigenvalue weighted by atomic mass is 9.98. The van der Waals surface area contributed by atoms with Crippen LogP contribution in [0.15, 0.2) is 52.0 Å². The fourth-order valence-electron chi connectivity index (χ4n) is 2.84. The molecule has 5 heteroatoms. The van der Waals surface area contributed by atoms with Crippen molar-refractivity contribution in [1.82, 2.24) is 4.90 Å². The molecule has 4 heterocycles. The van der Waals surface area contributed by atoms with Crippen LogP contribution in [-0.4, -0.2) is 17.4 Å². The van der Waals surface area contributed by atoms with Crippen LogP contribution in [0.5, 0.6) is 0 Å². The van der Waals surface area contributed by atoms with Crippen molar-refractivity contribution in [2.45, 2.75) is 12.5 Å². The Morgan fingerprint density at radius 3 is 2.95 bits per heavy atom. The van der Waals surface area contributed by atoms with Crippen LogP contribution >= 0.6 is 22.7 Å². The van der Waals surface area contributed by atoms with Crippen molar-refractivity contribution in [3.8, 4) is 0 Å². The highest BCUT2D eigenvalue weighted by Crippen LogP contribution is 2.40. The summed E-state index contributed by atoms with van der Waals surface area (Å²) in [6.07, 6.45) is 4.00. The summed E-state index contributed by atoms with van der Waals surface area (Å²) in [5.74, 6) is 0.0407. The first-order chi connectivity index (χ1) is 10.3. The highest BCUT2D eigenvalue weighted by molar-refractivity contribution is 7.10. The summed E-state index contributed by atoms with van der Waals surface area (Å²) in [6, 6.07) is 8.07. The van der Waals surface area contributed by atoms with E-state index in [1.165, 1.54) is 21.6 Å². The summed E-state index contributed by atoms with van der Waals surface area (Å²) in [7, 11) is 0. The van der Waals surface area contributed by atoms with Crippen LogP contribution in [0, 0.1) is 0 Å². The average molecular weight is 315 g/mol. The van der Waals surface area contributed by atoms with Gasteiger partial charge < -0.3 is 9.32 Å². The lowest BCUT2D eigenvalue weighted by molar-refractivity contribution is 0.0698. The minimum Gasteiger partial charge on any atom is -0.472 e. The summed E-state index contributed by atoms with van der Waals surface area (Å²) in [6.45, 7) is 0.750. The predicted octanol–water partition coefficient (Wildman–Crippen LogP) is 4.19. The molecule has 0 bridgehead atoms. The van der Waals surface area contributed by atoms with Gasteiger partial charge in [0, 0.05) is 16.3 Å². The third-order valence-corrected chi connectivity index (χ3v) is 5.73. The Hall–Kier alpha value is -1.85. The van der Waals surface area contributed by atoms with Crippen LogP contribution in [0.1, 0.15) is 31.7 Å². The van der Waals surface area contributed by atoms with Gasteiger partial charge in [-0.1, -0.05) is 6.07 Å². The van der Waals surface area contributed by atoms with E-state index in [-0.39, 0.29) is 11.9 Å². The smallest absolute Gasteiger partial charge is 0.257 e. The van der Waals surface area contributed by atoms with E-state index in [1.807, 2.05) is 11.0 Å². The Labute approximate surface area is 130 Å². The second-order valence-electron chi connectivity index (χ2n) is 4.98. The van der Waals surface area contributed by atoms with Gasteiger partial charge in [-0.15, -0.1) is 22.7 Å². The van der Waals surface area contributed by atoms with Crippen molar-refractivity contribution in [2.75, 3.05) is 6.54 Å². The topological polar surface area (TPSA) is 33.5 Å². The number of hydrogen-bond acceptors (Lipinski definition) is 4. The molecule has 106 valence electrons. The zero-order valence-corrected chi connectivity index (χ0v) is 12.8. The van der Waals surface area contributed by atoms with Gasteiger partial charge in [-0.05, 0) is 40.9 Å². The van der Waals surface area contributed by atoms with E-state index in [9.17, 15) is 4.79 Å². The zero-order chi connectivity index (χ0) is 14.2. The number of furan rings is 1. The molecule has 3 nitrogen and oxygen atoms in total. The van der Waals surface area contributed by atoms with E-state index in [0.717, 1.165) is 13.0 Å². The van der Waals surface area contributed by atoms with Gasteiger partial charge in [-0.2, -0.15) is 0 Å². The van der Waals surface area contributed by atoms with Crippen molar-refractivity contribution < 1.29 is 9.21 Å². The monoisotopic (exact) mass is 315 g/mol. The van der Waals surface area contributed by atoms with E-state index in [0.29, 0.717) is 5.56 Å².